The molecule has 3 aromatic rings. The van der Waals surface area contributed by atoms with Crippen LogP contribution in [0.1, 0.15) is 22.6 Å². The van der Waals surface area contributed by atoms with Gasteiger partial charge in [-0.25, -0.2) is 0 Å². The standard InChI is InChI=1S/C15H16BrN5OS/c1-10-11(16)9-21(20-10)6-3-5-17-15(22)13-8-12(18-19-13)14-4-2-7-23-14/h2,4,7-9H,3,5-6H2,1H3,(H,17,22)(H,18,19). The molecular weight excluding hydrogens is 378 g/mol. The first-order valence-corrected chi connectivity index (χ1v) is 8.88. The minimum Gasteiger partial charge on any atom is -0.351 e. The molecule has 0 aliphatic heterocycles. The molecule has 0 radical (unpaired) electrons. The number of carbonyl (C=O) groups is 1. The summed E-state index contributed by atoms with van der Waals surface area (Å²) in [5, 5.41) is 16.2. The predicted octanol–water partition coefficient (Wildman–Crippen LogP) is 3.23. The predicted molar refractivity (Wildman–Crippen MR) is 93.5 cm³/mol. The molecule has 8 heteroatoms. The summed E-state index contributed by atoms with van der Waals surface area (Å²) in [7, 11) is 0. The van der Waals surface area contributed by atoms with Crippen LogP contribution >= 0.6 is 27.3 Å². The highest BCUT2D eigenvalue weighted by atomic mass is 79.9. The van der Waals surface area contributed by atoms with Crippen molar-refractivity contribution in [1.82, 2.24) is 25.3 Å². The molecule has 23 heavy (non-hydrogen) atoms. The lowest BCUT2D eigenvalue weighted by Crippen LogP contribution is -2.25. The molecule has 3 aromatic heterocycles. The molecule has 1 amide bonds. The van der Waals surface area contributed by atoms with E-state index in [9.17, 15) is 4.79 Å². The summed E-state index contributed by atoms with van der Waals surface area (Å²) >= 11 is 5.04. The molecule has 6 nitrogen and oxygen atoms in total. The number of nitrogens with one attached hydrogen (secondary N) is 2. The molecule has 120 valence electrons. The van der Waals surface area contributed by atoms with Crippen molar-refractivity contribution in [1.29, 1.82) is 0 Å². The van der Waals surface area contributed by atoms with E-state index in [-0.39, 0.29) is 5.91 Å². The normalized spacial score (nSPS) is 10.9. The number of H-pyrrole nitrogens is 1. The molecule has 0 aromatic carbocycles. The smallest absolute Gasteiger partial charge is 0.271 e. The lowest BCUT2D eigenvalue weighted by atomic mass is 10.3. The summed E-state index contributed by atoms with van der Waals surface area (Å²) in [5.74, 6) is -0.165. The summed E-state index contributed by atoms with van der Waals surface area (Å²) < 4.78 is 2.87. The zero-order chi connectivity index (χ0) is 16.2. The maximum Gasteiger partial charge on any atom is 0.271 e. The van der Waals surface area contributed by atoms with E-state index in [0.717, 1.165) is 33.7 Å². The van der Waals surface area contributed by atoms with Gasteiger partial charge in [0.25, 0.3) is 5.91 Å². The van der Waals surface area contributed by atoms with Gasteiger partial charge in [0, 0.05) is 19.3 Å². The third-order valence-electron chi connectivity index (χ3n) is 3.33. The molecule has 0 aliphatic carbocycles. The van der Waals surface area contributed by atoms with Gasteiger partial charge in [-0.2, -0.15) is 10.2 Å². The molecule has 0 atom stereocenters. The Bertz CT molecular complexity index is 773. The van der Waals surface area contributed by atoms with Gasteiger partial charge in [-0.3, -0.25) is 14.6 Å². The van der Waals surface area contributed by atoms with Gasteiger partial charge >= 0.3 is 0 Å². The van der Waals surface area contributed by atoms with Gasteiger partial charge in [0.05, 0.1) is 20.7 Å². The fourth-order valence-corrected chi connectivity index (χ4v) is 3.15. The summed E-state index contributed by atoms with van der Waals surface area (Å²) in [6.45, 7) is 3.29. The van der Waals surface area contributed by atoms with E-state index in [2.05, 4.69) is 36.5 Å². The number of aromatic nitrogens is 4. The van der Waals surface area contributed by atoms with Gasteiger partial charge < -0.3 is 5.32 Å². The van der Waals surface area contributed by atoms with Crippen LogP contribution < -0.4 is 5.32 Å². The third kappa shape index (κ3) is 3.89. The number of aryl methyl sites for hydroxylation is 2. The highest BCUT2D eigenvalue weighted by Gasteiger charge is 2.11. The minimum atomic E-state index is -0.165. The molecule has 0 fully saturated rings. The van der Waals surface area contributed by atoms with Crippen LogP contribution in [0.2, 0.25) is 0 Å². The first kappa shape index (κ1) is 15.9. The number of halogens is 1. The third-order valence-corrected chi connectivity index (χ3v) is 5.01. The second kappa shape index (κ2) is 7.10. The molecule has 0 saturated carbocycles. The number of amides is 1. The number of hydrogen-bond donors (Lipinski definition) is 2. The highest BCUT2D eigenvalue weighted by molar-refractivity contribution is 9.10. The van der Waals surface area contributed by atoms with Crippen LogP contribution in [0.4, 0.5) is 0 Å². The molecule has 0 unspecified atom stereocenters. The number of rotatable bonds is 6. The fourth-order valence-electron chi connectivity index (χ4n) is 2.14. The van der Waals surface area contributed by atoms with E-state index in [0.29, 0.717) is 12.2 Å². The van der Waals surface area contributed by atoms with Gasteiger partial charge in [-0.05, 0) is 46.8 Å². The van der Waals surface area contributed by atoms with Crippen molar-refractivity contribution in [2.24, 2.45) is 0 Å². The molecule has 0 bridgehead atoms. The van der Waals surface area contributed by atoms with Crippen molar-refractivity contribution in [2.75, 3.05) is 6.54 Å². The quantitative estimate of drug-likeness (QED) is 0.631. The largest absolute Gasteiger partial charge is 0.351 e. The van der Waals surface area contributed by atoms with Crippen LogP contribution in [-0.2, 0) is 6.54 Å². The Hall–Kier alpha value is -1.93. The lowest BCUT2D eigenvalue weighted by Gasteiger charge is -2.03. The molecule has 2 N–H and O–H groups in total. The molecule has 3 heterocycles. The molecular formula is C15H16BrN5OS. The Kier molecular flexibility index (Phi) is 4.92. The number of aromatic amines is 1. The second-order valence-electron chi connectivity index (χ2n) is 5.08. The van der Waals surface area contributed by atoms with Gasteiger partial charge in [0.15, 0.2) is 5.69 Å². The van der Waals surface area contributed by atoms with Crippen molar-refractivity contribution in [3.8, 4) is 10.6 Å². The van der Waals surface area contributed by atoms with Crippen LogP contribution in [0.5, 0.6) is 0 Å². The van der Waals surface area contributed by atoms with Crippen molar-refractivity contribution in [3.05, 3.63) is 45.6 Å². The minimum absolute atomic E-state index is 0.165. The lowest BCUT2D eigenvalue weighted by molar-refractivity contribution is 0.0947. The van der Waals surface area contributed by atoms with E-state index in [1.807, 2.05) is 35.3 Å². The first-order valence-electron chi connectivity index (χ1n) is 7.20. The molecule has 0 saturated heterocycles. The topological polar surface area (TPSA) is 75.6 Å². The van der Waals surface area contributed by atoms with Crippen LogP contribution in [0.15, 0.2) is 34.2 Å². The molecule has 0 aliphatic rings. The highest BCUT2D eigenvalue weighted by Crippen LogP contribution is 2.22. The molecule has 3 rings (SSSR count). The summed E-state index contributed by atoms with van der Waals surface area (Å²) in [4.78, 5) is 13.1. The van der Waals surface area contributed by atoms with Crippen LogP contribution in [-0.4, -0.2) is 32.4 Å². The van der Waals surface area contributed by atoms with Gasteiger partial charge in [-0.15, -0.1) is 11.3 Å². The average molecular weight is 394 g/mol. The first-order chi connectivity index (χ1) is 11.1. The maximum absolute atomic E-state index is 12.1. The Morgan fingerprint density at radius 3 is 3.09 bits per heavy atom. The Morgan fingerprint density at radius 1 is 1.52 bits per heavy atom. The van der Waals surface area contributed by atoms with Gasteiger partial charge in [0.2, 0.25) is 0 Å². The fraction of sp³-hybridized carbons (Fsp3) is 0.267. The summed E-state index contributed by atoms with van der Waals surface area (Å²) in [6, 6.07) is 5.73. The Labute approximate surface area is 146 Å². The number of hydrogen-bond acceptors (Lipinski definition) is 4. The van der Waals surface area contributed by atoms with Crippen LogP contribution in [0.3, 0.4) is 0 Å². The van der Waals surface area contributed by atoms with E-state index in [1.54, 1.807) is 17.4 Å². The zero-order valence-corrected chi connectivity index (χ0v) is 14.9. The SMILES string of the molecule is Cc1nn(CCCNC(=O)c2cc(-c3cccs3)[nH]n2)cc1Br. The van der Waals surface area contributed by atoms with Crippen molar-refractivity contribution >= 4 is 33.2 Å². The molecule has 0 spiro atoms. The van der Waals surface area contributed by atoms with Gasteiger partial charge in [0.1, 0.15) is 0 Å². The maximum atomic E-state index is 12.1. The van der Waals surface area contributed by atoms with Crippen molar-refractivity contribution < 1.29 is 4.79 Å². The summed E-state index contributed by atoms with van der Waals surface area (Å²) in [6.07, 6.45) is 2.75. The van der Waals surface area contributed by atoms with Gasteiger partial charge in [-0.1, -0.05) is 6.07 Å². The van der Waals surface area contributed by atoms with E-state index >= 15 is 0 Å². The van der Waals surface area contributed by atoms with Crippen LogP contribution in [0, 0.1) is 6.92 Å². The number of nitrogens with zero attached hydrogens (tertiary/aromatic N) is 3. The number of thiophene rings is 1. The van der Waals surface area contributed by atoms with Crippen molar-refractivity contribution in [2.45, 2.75) is 19.9 Å². The summed E-state index contributed by atoms with van der Waals surface area (Å²) in [5.41, 5.74) is 2.24. The van der Waals surface area contributed by atoms with E-state index in [1.165, 1.54) is 0 Å². The van der Waals surface area contributed by atoms with Crippen molar-refractivity contribution in [3.63, 3.8) is 0 Å². The monoisotopic (exact) mass is 393 g/mol. The Balaban J connectivity index is 1.48. The Morgan fingerprint density at radius 2 is 2.39 bits per heavy atom. The van der Waals surface area contributed by atoms with E-state index < -0.39 is 0 Å². The van der Waals surface area contributed by atoms with Crippen LogP contribution in [0.25, 0.3) is 10.6 Å². The second-order valence-corrected chi connectivity index (χ2v) is 6.88. The number of carbonyl (C=O) groups excluding carboxylic acids is 1. The van der Waals surface area contributed by atoms with E-state index in [4.69, 9.17) is 0 Å². The average Bonchev–Trinajstić information content (AvgIpc) is 3.25. The zero-order valence-electron chi connectivity index (χ0n) is 12.5.